The Bertz CT molecular complexity index is 916. The van der Waals surface area contributed by atoms with Gasteiger partial charge in [-0.1, -0.05) is 11.6 Å². The molecule has 6 heteroatoms. The zero-order valence-electron chi connectivity index (χ0n) is 14.3. The lowest BCUT2D eigenvalue weighted by Gasteiger charge is -2.13. The quantitative estimate of drug-likeness (QED) is 0.675. The molecule has 0 bridgehead atoms. The maximum absolute atomic E-state index is 6.25. The SMILES string of the molecule is COc1ccc(Cl)cc1-n1nc(-c2ccc(C)s2)c2c1NCCCC2. The van der Waals surface area contributed by atoms with Crippen LogP contribution in [0.25, 0.3) is 16.3 Å². The number of hydrogen-bond donors (Lipinski definition) is 1. The van der Waals surface area contributed by atoms with Crippen LogP contribution in [0.2, 0.25) is 5.02 Å². The second-order valence-corrected chi connectivity index (χ2v) is 7.92. The van der Waals surface area contributed by atoms with Gasteiger partial charge in [0, 0.05) is 22.0 Å². The van der Waals surface area contributed by atoms with Gasteiger partial charge >= 0.3 is 0 Å². The fraction of sp³-hybridized carbons (Fsp3) is 0.316. The van der Waals surface area contributed by atoms with Gasteiger partial charge < -0.3 is 10.1 Å². The van der Waals surface area contributed by atoms with Gasteiger partial charge in [0.2, 0.25) is 0 Å². The fourth-order valence-electron chi connectivity index (χ4n) is 3.27. The fourth-order valence-corrected chi connectivity index (χ4v) is 4.31. The zero-order valence-corrected chi connectivity index (χ0v) is 15.9. The highest BCUT2D eigenvalue weighted by Gasteiger charge is 2.24. The Kier molecular flexibility index (Phi) is 4.44. The van der Waals surface area contributed by atoms with Crippen molar-refractivity contribution in [2.24, 2.45) is 0 Å². The van der Waals surface area contributed by atoms with E-state index >= 15 is 0 Å². The molecule has 1 aromatic carbocycles. The molecule has 3 heterocycles. The Hall–Kier alpha value is -1.98. The Morgan fingerprint density at radius 2 is 2.12 bits per heavy atom. The van der Waals surface area contributed by atoms with E-state index in [0.717, 1.165) is 48.8 Å². The minimum atomic E-state index is 0.669. The predicted octanol–water partition coefficient (Wildman–Crippen LogP) is 5.32. The van der Waals surface area contributed by atoms with Gasteiger partial charge in [-0.05, 0) is 56.5 Å². The molecule has 0 spiro atoms. The van der Waals surface area contributed by atoms with Crippen molar-refractivity contribution in [3.05, 3.63) is 45.8 Å². The van der Waals surface area contributed by atoms with Crippen molar-refractivity contribution in [2.45, 2.75) is 26.2 Å². The van der Waals surface area contributed by atoms with E-state index in [2.05, 4.69) is 24.4 Å². The summed E-state index contributed by atoms with van der Waals surface area (Å²) in [6.45, 7) is 3.08. The zero-order chi connectivity index (χ0) is 17.4. The Morgan fingerprint density at radius 1 is 1.24 bits per heavy atom. The van der Waals surface area contributed by atoms with Crippen LogP contribution in [-0.4, -0.2) is 23.4 Å². The van der Waals surface area contributed by atoms with Crippen LogP contribution < -0.4 is 10.1 Å². The standard InChI is InChI=1S/C19H20ClN3OS/c1-12-6-9-17(25-12)18-14-5-3-4-10-21-19(14)23(22-18)15-11-13(20)7-8-16(15)24-2/h6-9,11,21H,3-5,10H2,1-2H3. The summed E-state index contributed by atoms with van der Waals surface area (Å²) in [6.07, 6.45) is 3.34. The number of nitrogens with one attached hydrogen (secondary N) is 1. The highest BCUT2D eigenvalue weighted by atomic mass is 35.5. The van der Waals surface area contributed by atoms with E-state index in [1.54, 1.807) is 18.4 Å². The largest absolute Gasteiger partial charge is 0.494 e. The summed E-state index contributed by atoms with van der Waals surface area (Å²) in [5.41, 5.74) is 3.20. The van der Waals surface area contributed by atoms with Gasteiger partial charge in [0.25, 0.3) is 0 Å². The molecule has 0 amide bonds. The first-order valence-electron chi connectivity index (χ1n) is 8.44. The van der Waals surface area contributed by atoms with Crippen LogP contribution in [-0.2, 0) is 6.42 Å². The van der Waals surface area contributed by atoms with Gasteiger partial charge in [0.05, 0.1) is 12.0 Å². The summed E-state index contributed by atoms with van der Waals surface area (Å²) >= 11 is 8.03. The lowest BCUT2D eigenvalue weighted by Crippen LogP contribution is -2.08. The Morgan fingerprint density at radius 3 is 2.88 bits per heavy atom. The number of ether oxygens (including phenoxy) is 1. The number of methoxy groups -OCH3 is 1. The van der Waals surface area contributed by atoms with Crippen molar-refractivity contribution in [3.63, 3.8) is 0 Å². The third-order valence-electron chi connectivity index (χ3n) is 4.47. The molecular formula is C19H20ClN3OS. The van der Waals surface area contributed by atoms with E-state index < -0.39 is 0 Å². The van der Waals surface area contributed by atoms with Crippen molar-refractivity contribution in [3.8, 4) is 22.0 Å². The summed E-state index contributed by atoms with van der Waals surface area (Å²) < 4.78 is 7.51. The first-order chi connectivity index (χ1) is 12.2. The number of benzene rings is 1. The highest BCUT2D eigenvalue weighted by molar-refractivity contribution is 7.15. The minimum Gasteiger partial charge on any atom is -0.494 e. The summed E-state index contributed by atoms with van der Waals surface area (Å²) in [6, 6.07) is 9.94. The molecule has 1 aliphatic rings. The van der Waals surface area contributed by atoms with Crippen LogP contribution in [0.5, 0.6) is 5.75 Å². The monoisotopic (exact) mass is 373 g/mol. The number of aryl methyl sites for hydroxylation is 1. The number of nitrogens with zero attached hydrogens (tertiary/aromatic N) is 2. The van der Waals surface area contributed by atoms with E-state index in [-0.39, 0.29) is 0 Å². The number of rotatable bonds is 3. The molecule has 0 fully saturated rings. The Balaban J connectivity index is 1.94. The smallest absolute Gasteiger partial charge is 0.144 e. The molecule has 0 atom stereocenters. The van der Waals surface area contributed by atoms with Crippen LogP contribution in [0.4, 0.5) is 5.82 Å². The van der Waals surface area contributed by atoms with E-state index in [0.29, 0.717) is 5.02 Å². The lowest BCUT2D eigenvalue weighted by molar-refractivity contribution is 0.412. The summed E-state index contributed by atoms with van der Waals surface area (Å²) in [7, 11) is 1.67. The van der Waals surface area contributed by atoms with Crippen LogP contribution in [0.3, 0.4) is 0 Å². The first kappa shape index (κ1) is 16.5. The molecule has 2 aromatic heterocycles. The Labute approximate surface area is 156 Å². The minimum absolute atomic E-state index is 0.669. The maximum atomic E-state index is 6.25. The number of anilines is 1. The number of halogens is 1. The molecule has 1 N–H and O–H groups in total. The van der Waals surface area contributed by atoms with Gasteiger partial charge in [0.1, 0.15) is 22.9 Å². The molecule has 0 aliphatic carbocycles. The van der Waals surface area contributed by atoms with Gasteiger partial charge in [0.15, 0.2) is 0 Å². The van der Waals surface area contributed by atoms with Crippen molar-refractivity contribution in [1.82, 2.24) is 9.78 Å². The predicted molar refractivity (Wildman–Crippen MR) is 105 cm³/mol. The summed E-state index contributed by atoms with van der Waals surface area (Å²) in [5, 5.41) is 9.20. The van der Waals surface area contributed by atoms with E-state index in [9.17, 15) is 0 Å². The van der Waals surface area contributed by atoms with Gasteiger partial charge in [-0.15, -0.1) is 11.3 Å². The van der Waals surface area contributed by atoms with Crippen molar-refractivity contribution >= 4 is 28.8 Å². The topological polar surface area (TPSA) is 39.1 Å². The van der Waals surface area contributed by atoms with E-state index in [4.69, 9.17) is 21.4 Å². The average molecular weight is 374 g/mol. The average Bonchev–Trinajstić information content (AvgIpc) is 3.10. The highest BCUT2D eigenvalue weighted by Crippen LogP contribution is 2.38. The van der Waals surface area contributed by atoms with Crippen LogP contribution >= 0.6 is 22.9 Å². The van der Waals surface area contributed by atoms with Crippen LogP contribution in [0, 0.1) is 6.92 Å². The molecule has 4 nitrogen and oxygen atoms in total. The number of thiophene rings is 1. The third kappa shape index (κ3) is 3.02. The van der Waals surface area contributed by atoms with Crippen molar-refractivity contribution < 1.29 is 4.74 Å². The first-order valence-corrected chi connectivity index (χ1v) is 9.63. The van der Waals surface area contributed by atoms with Crippen molar-refractivity contribution in [1.29, 1.82) is 0 Å². The molecule has 130 valence electrons. The van der Waals surface area contributed by atoms with Gasteiger partial charge in [-0.3, -0.25) is 0 Å². The summed E-state index contributed by atoms with van der Waals surface area (Å²) in [5.74, 6) is 1.81. The summed E-state index contributed by atoms with van der Waals surface area (Å²) in [4.78, 5) is 2.50. The molecule has 0 saturated carbocycles. The molecule has 4 rings (SSSR count). The molecule has 25 heavy (non-hydrogen) atoms. The number of fused-ring (bicyclic) bond motifs is 1. The maximum Gasteiger partial charge on any atom is 0.144 e. The third-order valence-corrected chi connectivity index (χ3v) is 5.71. The molecular weight excluding hydrogens is 354 g/mol. The van der Waals surface area contributed by atoms with Crippen LogP contribution in [0.15, 0.2) is 30.3 Å². The van der Waals surface area contributed by atoms with E-state index in [1.807, 2.05) is 22.9 Å². The molecule has 0 radical (unpaired) electrons. The van der Waals surface area contributed by atoms with Gasteiger partial charge in [-0.2, -0.15) is 5.10 Å². The van der Waals surface area contributed by atoms with E-state index in [1.165, 1.54) is 15.3 Å². The van der Waals surface area contributed by atoms with Crippen molar-refractivity contribution in [2.75, 3.05) is 19.0 Å². The normalized spacial score (nSPS) is 13.9. The molecule has 0 saturated heterocycles. The number of hydrogen-bond acceptors (Lipinski definition) is 4. The molecule has 0 unspecified atom stereocenters. The lowest BCUT2D eigenvalue weighted by atomic mass is 10.1. The van der Waals surface area contributed by atoms with Crippen LogP contribution in [0.1, 0.15) is 23.3 Å². The van der Waals surface area contributed by atoms with Gasteiger partial charge in [-0.25, -0.2) is 4.68 Å². The number of aromatic nitrogens is 2. The molecule has 1 aliphatic heterocycles. The second-order valence-electron chi connectivity index (χ2n) is 6.20. The second kappa shape index (κ2) is 6.73. The molecule has 3 aromatic rings.